The molecule has 0 bridgehead atoms. The van der Waals surface area contributed by atoms with Gasteiger partial charge in [-0.3, -0.25) is 0 Å². The molecule has 0 amide bonds. The summed E-state index contributed by atoms with van der Waals surface area (Å²) < 4.78 is 43.4. The summed E-state index contributed by atoms with van der Waals surface area (Å²) >= 11 is 1.05. The molecule has 21 heavy (non-hydrogen) atoms. The van der Waals surface area contributed by atoms with Crippen LogP contribution in [0.5, 0.6) is 5.75 Å². The molecule has 2 N–H and O–H groups in total. The van der Waals surface area contributed by atoms with Crippen molar-refractivity contribution in [3.8, 4) is 5.75 Å². The molecule has 0 fully saturated rings. The van der Waals surface area contributed by atoms with Gasteiger partial charge in [-0.05, 0) is 18.6 Å². The van der Waals surface area contributed by atoms with Crippen LogP contribution < -0.4 is 10.6 Å². The Morgan fingerprint density at radius 2 is 2.00 bits per heavy atom. The first-order valence-electron chi connectivity index (χ1n) is 5.98. The summed E-state index contributed by atoms with van der Waals surface area (Å²) in [6, 6.07) is 7.48. The first-order valence-corrected chi connectivity index (χ1v) is 6.97. The molecule has 0 atom stereocenters. The van der Waals surface area contributed by atoms with E-state index < -0.39 is 12.0 Å². The molecule has 0 saturated carbocycles. The number of nitrogens with two attached hydrogens (primary N) is 1. The number of aromatic nitrogens is 3. The number of halogens is 3. The lowest BCUT2D eigenvalue weighted by molar-refractivity contribution is -0.146. The van der Waals surface area contributed by atoms with Gasteiger partial charge in [0.2, 0.25) is 5.16 Å². The summed E-state index contributed by atoms with van der Waals surface area (Å²) in [5.74, 6) is 5.24. The van der Waals surface area contributed by atoms with Crippen molar-refractivity contribution in [3.63, 3.8) is 0 Å². The van der Waals surface area contributed by atoms with Crippen molar-refractivity contribution in [2.75, 3.05) is 18.2 Å². The van der Waals surface area contributed by atoms with Gasteiger partial charge in [0, 0.05) is 5.75 Å². The molecule has 1 heterocycles. The number of nitrogen functional groups attached to an aromatic ring is 1. The normalized spacial score (nSPS) is 11.6. The number of benzene rings is 1. The van der Waals surface area contributed by atoms with Crippen molar-refractivity contribution < 1.29 is 17.9 Å². The molecule has 114 valence electrons. The van der Waals surface area contributed by atoms with Gasteiger partial charge in [0.25, 0.3) is 5.82 Å². The smallest absolute Gasteiger partial charge is 0.453 e. The number of hydrogen-bond acceptors (Lipinski definition) is 5. The van der Waals surface area contributed by atoms with Crippen LogP contribution in [0.15, 0.2) is 29.4 Å². The molecule has 1 aromatic heterocycles. The highest BCUT2D eigenvalue weighted by atomic mass is 32.2. The average Bonchev–Trinajstić information content (AvgIpc) is 2.78. The van der Waals surface area contributed by atoms with E-state index in [1.807, 2.05) is 31.2 Å². The van der Waals surface area contributed by atoms with E-state index in [2.05, 4.69) is 10.2 Å². The summed E-state index contributed by atoms with van der Waals surface area (Å²) in [6.07, 6.45) is -4.61. The van der Waals surface area contributed by atoms with Gasteiger partial charge in [-0.15, -0.1) is 10.2 Å². The first kappa shape index (κ1) is 15.5. The molecule has 2 rings (SSSR count). The number of aryl methyl sites for hydroxylation is 1. The Bertz CT molecular complexity index is 615. The van der Waals surface area contributed by atoms with Crippen LogP contribution in [0.1, 0.15) is 11.4 Å². The Labute approximate surface area is 123 Å². The minimum absolute atomic E-state index is 0.00397. The second-order valence-corrected chi connectivity index (χ2v) is 5.20. The molecular formula is C12H13F3N4OS. The monoisotopic (exact) mass is 318 g/mol. The number of para-hydroxylation sites is 1. The van der Waals surface area contributed by atoms with Crippen molar-refractivity contribution >= 4 is 11.8 Å². The highest BCUT2D eigenvalue weighted by Crippen LogP contribution is 2.28. The predicted molar refractivity (Wildman–Crippen MR) is 72.6 cm³/mol. The quantitative estimate of drug-likeness (QED) is 0.521. The van der Waals surface area contributed by atoms with Gasteiger partial charge in [0.15, 0.2) is 0 Å². The minimum Gasteiger partial charge on any atom is -0.492 e. The van der Waals surface area contributed by atoms with E-state index in [-0.39, 0.29) is 5.16 Å². The fraction of sp³-hybridized carbons (Fsp3) is 0.333. The standard InChI is InChI=1S/C12H13F3N4OS/c1-8-4-2-3-5-9(8)20-6-7-21-11-18-17-10(19(11)16)12(13,14)15/h2-5H,6-7,16H2,1H3. The molecular weight excluding hydrogens is 305 g/mol. The summed E-state index contributed by atoms with van der Waals surface area (Å²) in [5.41, 5.74) is 0.990. The fourth-order valence-corrected chi connectivity index (χ4v) is 2.25. The van der Waals surface area contributed by atoms with E-state index in [4.69, 9.17) is 10.6 Å². The molecule has 0 aliphatic rings. The van der Waals surface area contributed by atoms with E-state index in [0.29, 0.717) is 17.0 Å². The van der Waals surface area contributed by atoms with E-state index in [1.54, 1.807) is 0 Å². The zero-order valence-electron chi connectivity index (χ0n) is 11.1. The van der Waals surface area contributed by atoms with Gasteiger partial charge >= 0.3 is 6.18 Å². The Morgan fingerprint density at radius 1 is 1.29 bits per heavy atom. The molecule has 0 saturated heterocycles. The lowest BCUT2D eigenvalue weighted by atomic mass is 10.2. The Kier molecular flexibility index (Phi) is 4.61. The highest BCUT2D eigenvalue weighted by molar-refractivity contribution is 7.99. The van der Waals surface area contributed by atoms with Crippen LogP contribution >= 0.6 is 11.8 Å². The molecule has 0 spiro atoms. The second kappa shape index (κ2) is 6.25. The van der Waals surface area contributed by atoms with Crippen LogP contribution in [0.3, 0.4) is 0 Å². The third-order valence-electron chi connectivity index (χ3n) is 2.58. The number of alkyl halides is 3. The van der Waals surface area contributed by atoms with Crippen LogP contribution in [-0.4, -0.2) is 27.2 Å². The van der Waals surface area contributed by atoms with Crippen LogP contribution in [0.25, 0.3) is 0 Å². The van der Waals surface area contributed by atoms with Gasteiger partial charge in [0.1, 0.15) is 5.75 Å². The molecule has 9 heteroatoms. The zero-order chi connectivity index (χ0) is 15.5. The lowest BCUT2D eigenvalue weighted by Gasteiger charge is -2.08. The maximum Gasteiger partial charge on any atom is 0.453 e. The minimum atomic E-state index is -4.61. The van der Waals surface area contributed by atoms with Gasteiger partial charge < -0.3 is 10.6 Å². The largest absolute Gasteiger partial charge is 0.492 e. The SMILES string of the molecule is Cc1ccccc1OCCSc1nnc(C(F)(F)F)n1N. The summed E-state index contributed by atoms with van der Waals surface area (Å²) in [6.45, 7) is 2.23. The van der Waals surface area contributed by atoms with Gasteiger partial charge in [-0.25, -0.2) is 4.68 Å². The van der Waals surface area contributed by atoms with Crippen LogP contribution in [0.2, 0.25) is 0 Å². The Morgan fingerprint density at radius 3 is 2.62 bits per heavy atom. The Hall–Kier alpha value is -1.90. The predicted octanol–water partition coefficient (Wildman–Crippen LogP) is 2.49. The number of hydrogen-bond donors (Lipinski definition) is 1. The number of rotatable bonds is 5. The molecule has 5 nitrogen and oxygen atoms in total. The maximum atomic E-state index is 12.5. The van der Waals surface area contributed by atoms with E-state index in [1.165, 1.54) is 0 Å². The van der Waals surface area contributed by atoms with E-state index in [0.717, 1.165) is 23.1 Å². The third-order valence-corrected chi connectivity index (χ3v) is 3.49. The van der Waals surface area contributed by atoms with Gasteiger partial charge in [0.05, 0.1) is 6.61 Å². The van der Waals surface area contributed by atoms with Crippen molar-refractivity contribution in [2.24, 2.45) is 0 Å². The summed E-state index contributed by atoms with van der Waals surface area (Å²) in [4.78, 5) is 0. The van der Waals surface area contributed by atoms with Crippen molar-refractivity contribution in [2.45, 2.75) is 18.3 Å². The van der Waals surface area contributed by atoms with Crippen LogP contribution in [0.4, 0.5) is 13.2 Å². The summed E-state index contributed by atoms with van der Waals surface area (Å²) in [5, 5.41) is 6.46. The van der Waals surface area contributed by atoms with Gasteiger partial charge in [-0.2, -0.15) is 13.2 Å². The third kappa shape index (κ3) is 3.81. The van der Waals surface area contributed by atoms with E-state index >= 15 is 0 Å². The van der Waals surface area contributed by atoms with Crippen LogP contribution in [-0.2, 0) is 6.18 Å². The van der Waals surface area contributed by atoms with Gasteiger partial charge in [-0.1, -0.05) is 30.0 Å². The topological polar surface area (TPSA) is 66.0 Å². The van der Waals surface area contributed by atoms with Crippen molar-refractivity contribution in [1.82, 2.24) is 14.9 Å². The molecule has 0 radical (unpaired) electrons. The fourth-order valence-electron chi connectivity index (χ4n) is 1.57. The summed E-state index contributed by atoms with van der Waals surface area (Å²) in [7, 11) is 0. The van der Waals surface area contributed by atoms with Crippen molar-refractivity contribution in [1.29, 1.82) is 0 Å². The molecule has 0 unspecified atom stereocenters. The molecule has 2 aromatic rings. The average molecular weight is 318 g/mol. The molecule has 0 aliphatic heterocycles. The Balaban J connectivity index is 1.87. The number of thioether (sulfide) groups is 1. The number of nitrogens with zero attached hydrogens (tertiary/aromatic N) is 3. The lowest BCUT2D eigenvalue weighted by Crippen LogP contribution is -2.21. The second-order valence-electron chi connectivity index (χ2n) is 4.14. The highest BCUT2D eigenvalue weighted by Gasteiger charge is 2.38. The zero-order valence-corrected chi connectivity index (χ0v) is 11.9. The van der Waals surface area contributed by atoms with E-state index in [9.17, 15) is 13.2 Å². The molecule has 0 aliphatic carbocycles. The van der Waals surface area contributed by atoms with Crippen LogP contribution in [0, 0.1) is 6.92 Å². The first-order chi connectivity index (χ1) is 9.89. The maximum absolute atomic E-state index is 12.5. The number of ether oxygens (including phenoxy) is 1. The van der Waals surface area contributed by atoms with Crippen molar-refractivity contribution in [3.05, 3.63) is 35.7 Å². The molecule has 1 aromatic carbocycles.